The number of carbonyl (C=O) groups excluding carboxylic acids is 4. The van der Waals surface area contributed by atoms with Crippen LogP contribution in [0.2, 0.25) is 0 Å². The maximum atomic E-state index is 12.0. The second-order valence-electron chi connectivity index (χ2n) is 11.2. The highest BCUT2D eigenvalue weighted by Crippen LogP contribution is 2.48. The van der Waals surface area contributed by atoms with Crippen molar-refractivity contribution in [2.24, 2.45) is 0 Å². The van der Waals surface area contributed by atoms with E-state index in [0.29, 0.717) is 38.0 Å². The summed E-state index contributed by atoms with van der Waals surface area (Å²) in [6.07, 6.45) is 4.86. The van der Waals surface area contributed by atoms with E-state index in [-0.39, 0.29) is 23.0 Å². The van der Waals surface area contributed by atoms with E-state index < -0.39 is 5.60 Å². The van der Waals surface area contributed by atoms with Crippen molar-refractivity contribution in [3.8, 4) is 17.2 Å². The number of thioether (sulfide) groups is 1. The van der Waals surface area contributed by atoms with E-state index in [1.165, 1.54) is 11.8 Å². The number of nitrogens with one attached hydrogen (secondary N) is 2. The third kappa shape index (κ3) is 16.8. The molecule has 0 aliphatic carbocycles. The molecule has 3 amide bonds. The molecule has 1 heterocycles. The monoisotopic (exact) mass is 724 g/mol. The van der Waals surface area contributed by atoms with Gasteiger partial charge in [-0.1, -0.05) is 19.1 Å². The molecule has 50 heavy (non-hydrogen) atoms. The molecule has 3 unspecified atom stereocenters. The lowest BCUT2D eigenvalue weighted by atomic mass is 9.85. The highest BCUT2D eigenvalue weighted by Gasteiger charge is 2.41. The van der Waals surface area contributed by atoms with Gasteiger partial charge in [0.25, 0.3) is 0 Å². The summed E-state index contributed by atoms with van der Waals surface area (Å²) >= 11 is 1.40. The number of amides is 3. The van der Waals surface area contributed by atoms with Crippen LogP contribution in [-0.4, -0.2) is 95.4 Å². The second-order valence-corrected chi connectivity index (χ2v) is 12.2. The van der Waals surface area contributed by atoms with E-state index in [9.17, 15) is 19.5 Å². The van der Waals surface area contributed by atoms with Crippen molar-refractivity contribution < 1.29 is 48.0 Å². The van der Waals surface area contributed by atoms with Crippen molar-refractivity contribution in [1.29, 1.82) is 0 Å². The maximum absolute atomic E-state index is 12.0. The first-order valence-corrected chi connectivity index (χ1v) is 17.6. The van der Waals surface area contributed by atoms with Crippen LogP contribution >= 0.6 is 11.8 Å². The van der Waals surface area contributed by atoms with Gasteiger partial charge in [0, 0.05) is 58.6 Å². The number of hydrogen-bond acceptors (Lipinski definition) is 11. The van der Waals surface area contributed by atoms with Crippen LogP contribution in [0.3, 0.4) is 0 Å². The van der Waals surface area contributed by atoms with Gasteiger partial charge in [-0.05, 0) is 89.5 Å². The summed E-state index contributed by atoms with van der Waals surface area (Å²) < 4.78 is 27.4. The number of benzene rings is 2. The standard InChI is InChI=1S/C26H33NO6S.C4H9NO.2C3H8O.CH2O/c1-15-16(2)24-22(17(3)23(15)29)20(31-5)12-26(4,33-24)13-32-19-9-7-18(8-10-19)11-21(34-6)25(30)27-14-28;1-2-3-5-4-6;2*1-3-4-2;1-2/h7-10,14,20-21,29H,11-13H2,1-6H3,(H,27,28,30);4H,2-3H2,1H3,(H,5,6);2*3H2,1-2H3;1H2. The Morgan fingerprint density at radius 2 is 1.58 bits per heavy atom. The van der Waals surface area contributed by atoms with Gasteiger partial charge in [0.2, 0.25) is 18.7 Å². The zero-order chi connectivity index (χ0) is 38.7. The van der Waals surface area contributed by atoms with Crippen molar-refractivity contribution >= 4 is 37.3 Å². The van der Waals surface area contributed by atoms with Crippen molar-refractivity contribution in [3.63, 3.8) is 0 Å². The molecule has 0 saturated heterocycles. The van der Waals surface area contributed by atoms with Crippen molar-refractivity contribution in [1.82, 2.24) is 10.6 Å². The lowest BCUT2D eigenvalue weighted by molar-refractivity contribution is -0.124. The zero-order valence-corrected chi connectivity index (χ0v) is 32.6. The van der Waals surface area contributed by atoms with Gasteiger partial charge in [-0.3, -0.25) is 19.7 Å². The fraction of sp³-hybridized carbons (Fsp3) is 0.568. The predicted molar refractivity (Wildman–Crippen MR) is 199 cm³/mol. The number of aromatic hydroxyl groups is 1. The van der Waals surface area contributed by atoms with Gasteiger partial charge in [0.1, 0.15) is 36.2 Å². The molecule has 0 bridgehead atoms. The second kappa shape index (κ2) is 28.1. The molecule has 284 valence electrons. The van der Waals surface area contributed by atoms with Gasteiger partial charge in [-0.15, -0.1) is 0 Å². The molecule has 1 aliphatic heterocycles. The quantitative estimate of drug-likeness (QED) is 0.168. The number of phenolic OH excluding ortho intramolecular Hbond substituents is 1. The van der Waals surface area contributed by atoms with Gasteiger partial charge >= 0.3 is 0 Å². The van der Waals surface area contributed by atoms with E-state index in [1.807, 2.05) is 85.8 Å². The molecule has 2 aromatic rings. The van der Waals surface area contributed by atoms with Crippen molar-refractivity contribution in [2.45, 2.75) is 84.7 Å². The lowest BCUT2D eigenvalue weighted by Crippen LogP contribution is -2.44. The smallest absolute Gasteiger partial charge is 0.239 e. The molecule has 1 aliphatic rings. The number of hydrogen-bond donors (Lipinski definition) is 3. The van der Waals surface area contributed by atoms with E-state index >= 15 is 0 Å². The molecule has 3 atom stereocenters. The average Bonchev–Trinajstić information content (AvgIpc) is 3.14. The number of rotatable bonds is 14. The Morgan fingerprint density at radius 3 is 2.00 bits per heavy atom. The molecule has 0 aromatic heterocycles. The molecule has 0 saturated carbocycles. The van der Waals surface area contributed by atoms with Gasteiger partial charge < -0.3 is 38.9 Å². The van der Waals surface area contributed by atoms with Crippen LogP contribution < -0.4 is 20.1 Å². The molecule has 3 rings (SSSR count). The molecule has 2 aromatic carbocycles. The fourth-order valence-electron chi connectivity index (χ4n) is 4.53. The van der Waals surface area contributed by atoms with E-state index in [2.05, 4.69) is 20.1 Å². The molecule has 12 nitrogen and oxygen atoms in total. The Kier molecular flexibility index (Phi) is 27.2. The highest BCUT2D eigenvalue weighted by molar-refractivity contribution is 7.99. The summed E-state index contributed by atoms with van der Waals surface area (Å²) in [5.74, 6) is 1.44. The van der Waals surface area contributed by atoms with Crippen LogP contribution in [-0.2, 0) is 39.8 Å². The van der Waals surface area contributed by atoms with E-state index in [0.717, 1.165) is 59.7 Å². The molecule has 3 N–H and O–H groups in total. The average molecular weight is 725 g/mol. The Morgan fingerprint density at radius 1 is 1.02 bits per heavy atom. The summed E-state index contributed by atoms with van der Waals surface area (Å²) in [6, 6.07) is 7.58. The SMILES string of the molecule is C=O.CCCNC=O.CCOC.CCOC.COC1CC(C)(COc2ccc(CC(SC)C(=O)NC=O)cc2)Oc2c(C)c(C)c(O)c(C)c21. The molecular formula is C37H60N2O10S. The normalized spacial score (nSPS) is 15.9. The van der Waals surface area contributed by atoms with E-state index in [4.69, 9.17) is 19.0 Å². The molecule has 0 radical (unpaired) electrons. The van der Waals surface area contributed by atoms with Crippen molar-refractivity contribution in [2.75, 3.05) is 54.0 Å². The number of imide groups is 1. The minimum absolute atomic E-state index is 0.217. The molecule has 0 spiro atoms. The summed E-state index contributed by atoms with van der Waals surface area (Å²) in [6.45, 7) is 18.4. The van der Waals surface area contributed by atoms with Gasteiger partial charge in [-0.2, -0.15) is 11.8 Å². The topological polar surface area (TPSA) is 159 Å². The number of methoxy groups -OCH3 is 3. The minimum Gasteiger partial charge on any atom is -0.507 e. The van der Waals surface area contributed by atoms with E-state index in [1.54, 1.807) is 21.3 Å². The van der Waals surface area contributed by atoms with Crippen LogP contribution in [0.15, 0.2) is 24.3 Å². The van der Waals surface area contributed by atoms with Gasteiger partial charge in [-0.25, -0.2) is 0 Å². The maximum Gasteiger partial charge on any atom is 0.239 e. The molecule has 13 heteroatoms. The number of fused-ring (bicyclic) bond motifs is 1. The van der Waals surface area contributed by atoms with Crippen LogP contribution in [0.1, 0.15) is 74.5 Å². The summed E-state index contributed by atoms with van der Waals surface area (Å²) in [5, 5.41) is 14.9. The summed E-state index contributed by atoms with van der Waals surface area (Å²) in [7, 11) is 5.03. The Labute approximate surface area is 303 Å². The Hall–Kier alpha value is -3.65. The van der Waals surface area contributed by atoms with Gasteiger partial charge in [0.15, 0.2) is 0 Å². The number of ether oxygens (including phenoxy) is 5. The van der Waals surface area contributed by atoms with Crippen LogP contribution in [0.4, 0.5) is 0 Å². The summed E-state index contributed by atoms with van der Waals surface area (Å²) in [4.78, 5) is 40.0. The first-order valence-electron chi connectivity index (χ1n) is 16.3. The predicted octanol–water partition coefficient (Wildman–Crippen LogP) is 5.43. The lowest BCUT2D eigenvalue weighted by Gasteiger charge is -2.41. The Bertz CT molecular complexity index is 1240. The molecular weight excluding hydrogens is 664 g/mol. The van der Waals surface area contributed by atoms with Crippen molar-refractivity contribution in [3.05, 3.63) is 52.1 Å². The third-order valence-corrected chi connectivity index (χ3v) is 8.51. The Balaban J connectivity index is 0. The summed E-state index contributed by atoms with van der Waals surface area (Å²) in [5.41, 5.74) is 3.74. The highest BCUT2D eigenvalue weighted by atomic mass is 32.2. The van der Waals surface area contributed by atoms with Gasteiger partial charge in [0.05, 0.1) is 11.4 Å². The molecule has 0 fully saturated rings. The van der Waals surface area contributed by atoms with Crippen LogP contribution in [0.25, 0.3) is 0 Å². The fourth-order valence-corrected chi connectivity index (χ4v) is 5.17. The largest absolute Gasteiger partial charge is 0.507 e. The first-order chi connectivity index (χ1) is 23.9. The third-order valence-electron chi connectivity index (χ3n) is 7.56. The number of phenols is 1. The first kappa shape index (κ1) is 48.5. The zero-order valence-electron chi connectivity index (χ0n) is 31.8. The van der Waals surface area contributed by atoms with Crippen LogP contribution in [0, 0.1) is 20.8 Å². The number of carbonyl (C=O) groups is 4. The van der Waals surface area contributed by atoms with Crippen LogP contribution in [0.5, 0.6) is 17.2 Å². The minimum atomic E-state index is -0.621.